The number of hydrogen-bond donors (Lipinski definition) is 0. The van der Waals surface area contributed by atoms with Crippen molar-refractivity contribution in [1.29, 1.82) is 0 Å². The summed E-state index contributed by atoms with van der Waals surface area (Å²) in [6.07, 6.45) is -0.359. The zero-order chi connectivity index (χ0) is 28.3. The van der Waals surface area contributed by atoms with Crippen LogP contribution >= 0.6 is 0 Å². The van der Waals surface area contributed by atoms with Gasteiger partial charge in [-0.05, 0) is 34.9 Å². The lowest BCUT2D eigenvalue weighted by molar-refractivity contribution is -0.0238. The molecule has 12 nitrogen and oxygen atoms in total. The lowest BCUT2D eigenvalue weighted by Gasteiger charge is -2.24. The first-order valence-electron chi connectivity index (χ1n) is 13.4. The van der Waals surface area contributed by atoms with E-state index in [9.17, 15) is 4.79 Å². The summed E-state index contributed by atoms with van der Waals surface area (Å²) in [5, 5.41) is 0. The van der Waals surface area contributed by atoms with Gasteiger partial charge in [-0.3, -0.25) is 0 Å². The molecule has 0 unspecified atom stereocenters. The summed E-state index contributed by atoms with van der Waals surface area (Å²) in [4.78, 5) is 15.4. The fourth-order valence-electron chi connectivity index (χ4n) is 2.52. The van der Waals surface area contributed by atoms with E-state index in [0.717, 1.165) is 6.54 Å². The van der Waals surface area contributed by atoms with Crippen molar-refractivity contribution in [3.63, 3.8) is 0 Å². The zero-order valence-corrected chi connectivity index (χ0v) is 24.7. The smallest absolute Gasteiger partial charge is 0.410 e. The van der Waals surface area contributed by atoms with Crippen LogP contribution in [0.1, 0.15) is 20.8 Å². The summed E-state index contributed by atoms with van der Waals surface area (Å²) in [5.74, 6) is 0. The molecule has 0 atom stereocenters. The van der Waals surface area contributed by atoms with Crippen molar-refractivity contribution >= 4 is 6.09 Å². The highest BCUT2D eigenvalue weighted by Crippen LogP contribution is 2.08. The van der Waals surface area contributed by atoms with Gasteiger partial charge in [0, 0.05) is 20.1 Å². The number of likely N-dealkylation sites (N-methyl/N-ethyl adjacent to an activating group) is 2. The molecule has 0 saturated carbocycles. The van der Waals surface area contributed by atoms with Crippen LogP contribution in [-0.4, -0.2) is 161 Å². The van der Waals surface area contributed by atoms with Gasteiger partial charge in [-0.25, -0.2) is 4.79 Å². The zero-order valence-electron chi connectivity index (χ0n) is 24.7. The maximum atomic E-state index is 11.8. The summed E-state index contributed by atoms with van der Waals surface area (Å²) >= 11 is 0. The average molecular weight is 555 g/mol. The molecule has 0 aromatic heterocycles. The second kappa shape index (κ2) is 26.1. The Balaban J connectivity index is 3.17. The van der Waals surface area contributed by atoms with Crippen molar-refractivity contribution in [2.45, 2.75) is 26.4 Å². The Hall–Kier alpha value is -1.09. The van der Waals surface area contributed by atoms with Crippen LogP contribution in [0.5, 0.6) is 0 Å². The van der Waals surface area contributed by atoms with Crippen LogP contribution in [0.4, 0.5) is 4.79 Å². The van der Waals surface area contributed by atoms with Gasteiger partial charge in [0.05, 0.1) is 106 Å². The molecule has 12 heteroatoms. The standard InChI is InChI=1S/C26H54N2O10/c1-26(2,3)38-25(29)28(6)8-10-31-12-14-33-16-18-35-20-22-37-24-23-36-21-19-34-17-15-32-13-11-30-9-7-27(4)5/h7-24H2,1-6H3. The molecular formula is C26H54N2O10. The highest BCUT2D eigenvalue weighted by atomic mass is 16.6. The van der Waals surface area contributed by atoms with Crippen LogP contribution in [0.25, 0.3) is 0 Å². The summed E-state index contributed by atoms with van der Waals surface area (Å²) in [6, 6.07) is 0. The predicted molar refractivity (Wildman–Crippen MR) is 144 cm³/mol. The van der Waals surface area contributed by atoms with Crippen LogP contribution in [0.2, 0.25) is 0 Å². The third-order valence-corrected chi connectivity index (χ3v) is 4.56. The molecule has 0 aromatic carbocycles. The van der Waals surface area contributed by atoms with E-state index < -0.39 is 5.60 Å². The molecule has 0 aliphatic carbocycles. The second-order valence-electron chi connectivity index (χ2n) is 9.60. The van der Waals surface area contributed by atoms with Crippen molar-refractivity contribution in [2.24, 2.45) is 0 Å². The van der Waals surface area contributed by atoms with E-state index in [2.05, 4.69) is 4.90 Å². The Morgan fingerprint density at radius 1 is 0.474 bits per heavy atom. The number of rotatable bonds is 27. The summed E-state index contributed by atoms with van der Waals surface area (Å²) < 4.78 is 48.9. The molecule has 0 heterocycles. The van der Waals surface area contributed by atoms with Gasteiger partial charge >= 0.3 is 6.09 Å². The Bertz CT molecular complexity index is 521. The number of amides is 1. The SMILES string of the molecule is CN(C)CCOCCOCCOCCOCCOCCOCCOCCOCCN(C)C(=O)OC(C)(C)C. The molecule has 0 spiro atoms. The van der Waals surface area contributed by atoms with Gasteiger partial charge in [-0.1, -0.05) is 0 Å². The number of ether oxygens (including phenoxy) is 9. The number of hydrogen-bond acceptors (Lipinski definition) is 11. The third kappa shape index (κ3) is 29.5. The number of carbonyl (C=O) groups is 1. The largest absolute Gasteiger partial charge is 0.444 e. The molecule has 0 saturated heterocycles. The van der Waals surface area contributed by atoms with Crippen molar-refractivity contribution in [3.8, 4) is 0 Å². The average Bonchev–Trinajstić information content (AvgIpc) is 2.84. The van der Waals surface area contributed by atoms with Crippen LogP contribution in [0.3, 0.4) is 0 Å². The molecule has 1 amide bonds. The maximum Gasteiger partial charge on any atom is 0.410 e. The molecule has 0 radical (unpaired) electrons. The van der Waals surface area contributed by atoms with Gasteiger partial charge in [-0.15, -0.1) is 0 Å². The summed E-state index contributed by atoms with van der Waals surface area (Å²) in [7, 11) is 5.72. The normalized spacial score (nSPS) is 11.9. The second-order valence-corrected chi connectivity index (χ2v) is 9.60. The minimum Gasteiger partial charge on any atom is -0.444 e. The molecule has 0 aliphatic heterocycles. The molecule has 38 heavy (non-hydrogen) atoms. The molecule has 0 bridgehead atoms. The van der Waals surface area contributed by atoms with Crippen molar-refractivity contribution < 1.29 is 47.4 Å². The topological polar surface area (TPSA) is 107 Å². The minimum absolute atomic E-state index is 0.359. The molecule has 0 aliphatic rings. The fraction of sp³-hybridized carbons (Fsp3) is 0.962. The van der Waals surface area contributed by atoms with Crippen molar-refractivity contribution in [1.82, 2.24) is 9.80 Å². The first-order chi connectivity index (χ1) is 18.2. The van der Waals surface area contributed by atoms with Crippen molar-refractivity contribution in [3.05, 3.63) is 0 Å². The summed E-state index contributed by atoms with van der Waals surface area (Å²) in [6.45, 7) is 15.3. The van der Waals surface area contributed by atoms with Gasteiger partial charge in [0.1, 0.15) is 5.60 Å². The minimum atomic E-state index is -0.503. The van der Waals surface area contributed by atoms with E-state index in [1.54, 1.807) is 7.05 Å². The van der Waals surface area contributed by atoms with Gasteiger partial charge in [0.2, 0.25) is 0 Å². The quantitative estimate of drug-likeness (QED) is 0.138. The molecule has 0 N–H and O–H groups in total. The number of carbonyl (C=O) groups excluding carboxylic acids is 1. The lowest BCUT2D eigenvalue weighted by Crippen LogP contribution is -2.36. The Morgan fingerprint density at radius 3 is 1.00 bits per heavy atom. The van der Waals surface area contributed by atoms with E-state index in [-0.39, 0.29) is 6.09 Å². The van der Waals surface area contributed by atoms with E-state index in [0.29, 0.717) is 112 Å². The van der Waals surface area contributed by atoms with Gasteiger partial charge < -0.3 is 52.4 Å². The van der Waals surface area contributed by atoms with Gasteiger partial charge in [-0.2, -0.15) is 0 Å². The van der Waals surface area contributed by atoms with Crippen LogP contribution in [0.15, 0.2) is 0 Å². The van der Waals surface area contributed by atoms with Gasteiger partial charge in [0.25, 0.3) is 0 Å². The monoisotopic (exact) mass is 554 g/mol. The molecular weight excluding hydrogens is 500 g/mol. The summed E-state index contributed by atoms with van der Waals surface area (Å²) in [5.41, 5.74) is -0.503. The highest BCUT2D eigenvalue weighted by Gasteiger charge is 2.19. The Labute approximate surface area is 230 Å². The molecule has 0 fully saturated rings. The molecule has 0 aromatic rings. The molecule has 228 valence electrons. The van der Waals surface area contributed by atoms with Gasteiger partial charge in [0.15, 0.2) is 0 Å². The van der Waals surface area contributed by atoms with E-state index in [1.807, 2.05) is 34.9 Å². The van der Waals surface area contributed by atoms with Crippen LogP contribution < -0.4 is 0 Å². The molecule has 0 rings (SSSR count). The Kier molecular flexibility index (Phi) is 25.4. The van der Waals surface area contributed by atoms with Crippen LogP contribution in [-0.2, 0) is 42.6 Å². The predicted octanol–water partition coefficient (Wildman–Crippen LogP) is 1.55. The lowest BCUT2D eigenvalue weighted by atomic mass is 10.2. The fourth-order valence-corrected chi connectivity index (χ4v) is 2.52. The van der Waals surface area contributed by atoms with E-state index in [1.165, 1.54) is 4.90 Å². The highest BCUT2D eigenvalue weighted by molar-refractivity contribution is 5.67. The first-order valence-corrected chi connectivity index (χ1v) is 13.4. The van der Waals surface area contributed by atoms with Crippen molar-refractivity contribution in [2.75, 3.05) is 140 Å². The maximum absolute atomic E-state index is 11.8. The third-order valence-electron chi connectivity index (χ3n) is 4.56. The van der Waals surface area contributed by atoms with Crippen LogP contribution in [0, 0.1) is 0 Å². The first kappa shape index (κ1) is 36.9. The number of nitrogens with zero attached hydrogens (tertiary/aromatic N) is 2. The van der Waals surface area contributed by atoms with E-state index in [4.69, 9.17) is 42.6 Å². The Morgan fingerprint density at radius 2 is 0.737 bits per heavy atom. The van der Waals surface area contributed by atoms with E-state index >= 15 is 0 Å².